The molecule has 0 aliphatic heterocycles. The van der Waals surface area contributed by atoms with Crippen LogP contribution < -0.4 is 5.32 Å². The van der Waals surface area contributed by atoms with E-state index in [1.54, 1.807) is 6.07 Å². The van der Waals surface area contributed by atoms with Crippen LogP contribution >= 0.6 is 11.3 Å². The van der Waals surface area contributed by atoms with Gasteiger partial charge in [0.2, 0.25) is 0 Å². The van der Waals surface area contributed by atoms with Crippen molar-refractivity contribution < 1.29 is 10.2 Å². The lowest BCUT2D eigenvalue weighted by Crippen LogP contribution is -2.16. The molecule has 0 unspecified atom stereocenters. The van der Waals surface area contributed by atoms with Gasteiger partial charge in [-0.3, -0.25) is 0 Å². The quantitative estimate of drug-likeness (QED) is 0.540. The van der Waals surface area contributed by atoms with E-state index >= 15 is 0 Å². The zero-order valence-corrected chi connectivity index (χ0v) is 12.3. The van der Waals surface area contributed by atoms with E-state index < -0.39 is 0 Å². The summed E-state index contributed by atoms with van der Waals surface area (Å²) in [5.74, 6) is -0.261. The minimum absolute atomic E-state index is 0.125. The summed E-state index contributed by atoms with van der Waals surface area (Å²) in [5.41, 5.74) is 0.771. The molecule has 0 saturated heterocycles. The Morgan fingerprint density at radius 3 is 2.75 bits per heavy atom. The highest BCUT2D eigenvalue weighted by molar-refractivity contribution is 7.14. The smallest absolute Gasteiger partial charge is 0.158 e. The minimum Gasteiger partial charge on any atom is -0.504 e. The summed E-state index contributed by atoms with van der Waals surface area (Å²) in [4.78, 5) is 0. The standard InChI is InChI=1S/C14H19N3O2S/c1-2-7-15-8-3-4-13-16-17-14(20-13)10-5-6-11(18)12(19)9-10/h5-6,9,15,18-19H,2-4,7-8H2,1H3. The summed E-state index contributed by atoms with van der Waals surface area (Å²) in [6.07, 6.45) is 3.08. The summed E-state index contributed by atoms with van der Waals surface area (Å²) in [5, 5.41) is 32.2. The number of phenols is 2. The van der Waals surface area contributed by atoms with Gasteiger partial charge in [0.05, 0.1) is 0 Å². The van der Waals surface area contributed by atoms with Gasteiger partial charge in [-0.25, -0.2) is 0 Å². The van der Waals surface area contributed by atoms with Crippen LogP contribution in [-0.2, 0) is 6.42 Å². The molecule has 20 heavy (non-hydrogen) atoms. The van der Waals surface area contributed by atoms with Crippen LogP contribution in [0.3, 0.4) is 0 Å². The number of nitrogens with zero attached hydrogens (tertiary/aromatic N) is 2. The first kappa shape index (κ1) is 14.7. The first-order valence-corrected chi connectivity index (χ1v) is 7.57. The normalized spacial score (nSPS) is 10.8. The number of aromatic hydroxyl groups is 2. The first-order chi connectivity index (χ1) is 9.70. The molecule has 0 saturated carbocycles. The molecule has 0 aliphatic rings. The van der Waals surface area contributed by atoms with E-state index in [1.165, 1.54) is 23.5 Å². The molecule has 0 aliphatic carbocycles. The molecule has 0 amide bonds. The highest BCUT2D eigenvalue weighted by Gasteiger charge is 2.09. The van der Waals surface area contributed by atoms with E-state index in [0.29, 0.717) is 0 Å². The number of benzene rings is 1. The van der Waals surface area contributed by atoms with Crippen molar-refractivity contribution in [3.05, 3.63) is 23.2 Å². The Balaban J connectivity index is 1.93. The largest absolute Gasteiger partial charge is 0.504 e. The number of phenolic OH excluding ortho intramolecular Hbond substituents is 2. The lowest BCUT2D eigenvalue weighted by atomic mass is 10.2. The number of hydrogen-bond donors (Lipinski definition) is 3. The average molecular weight is 293 g/mol. The van der Waals surface area contributed by atoms with Gasteiger partial charge in [0.15, 0.2) is 11.5 Å². The van der Waals surface area contributed by atoms with Gasteiger partial charge < -0.3 is 15.5 Å². The fourth-order valence-electron chi connectivity index (χ4n) is 1.79. The SMILES string of the molecule is CCCNCCCc1nnc(-c2ccc(O)c(O)c2)s1. The van der Waals surface area contributed by atoms with Gasteiger partial charge in [-0.1, -0.05) is 18.3 Å². The summed E-state index contributed by atoms with van der Waals surface area (Å²) >= 11 is 1.52. The molecule has 6 heteroatoms. The van der Waals surface area contributed by atoms with E-state index in [4.69, 9.17) is 0 Å². The van der Waals surface area contributed by atoms with Gasteiger partial charge in [0, 0.05) is 12.0 Å². The van der Waals surface area contributed by atoms with E-state index in [-0.39, 0.29) is 11.5 Å². The molecule has 2 aromatic rings. The molecule has 0 spiro atoms. The van der Waals surface area contributed by atoms with Crippen molar-refractivity contribution in [1.82, 2.24) is 15.5 Å². The van der Waals surface area contributed by atoms with E-state index in [0.717, 1.165) is 47.9 Å². The van der Waals surface area contributed by atoms with Crippen LogP contribution in [0.4, 0.5) is 0 Å². The van der Waals surface area contributed by atoms with Crippen LogP contribution in [0.1, 0.15) is 24.8 Å². The second-order valence-corrected chi connectivity index (χ2v) is 5.62. The van der Waals surface area contributed by atoms with E-state index in [9.17, 15) is 10.2 Å². The molecule has 0 radical (unpaired) electrons. The maximum absolute atomic E-state index is 9.49. The van der Waals surface area contributed by atoms with Crippen molar-refractivity contribution in [1.29, 1.82) is 0 Å². The topological polar surface area (TPSA) is 78.3 Å². The van der Waals surface area contributed by atoms with Gasteiger partial charge in [-0.2, -0.15) is 0 Å². The molecule has 0 fully saturated rings. The van der Waals surface area contributed by atoms with Crippen molar-refractivity contribution in [2.45, 2.75) is 26.2 Å². The van der Waals surface area contributed by atoms with Gasteiger partial charge in [0.25, 0.3) is 0 Å². The third-order valence-corrected chi connectivity index (χ3v) is 3.89. The Hall–Kier alpha value is -1.66. The molecule has 2 rings (SSSR count). The lowest BCUT2D eigenvalue weighted by molar-refractivity contribution is 0.404. The molecule has 1 aromatic carbocycles. The van der Waals surface area contributed by atoms with Crippen molar-refractivity contribution in [2.75, 3.05) is 13.1 Å². The zero-order valence-electron chi connectivity index (χ0n) is 11.5. The third kappa shape index (κ3) is 3.91. The number of nitrogens with one attached hydrogen (secondary N) is 1. The van der Waals surface area contributed by atoms with E-state index in [1.807, 2.05) is 0 Å². The van der Waals surface area contributed by atoms with Crippen LogP contribution in [0.5, 0.6) is 11.5 Å². The molecular weight excluding hydrogens is 274 g/mol. The number of aryl methyl sites for hydroxylation is 1. The minimum atomic E-state index is -0.136. The Labute approximate surface area is 122 Å². The molecule has 5 nitrogen and oxygen atoms in total. The van der Waals surface area contributed by atoms with Gasteiger partial charge in [-0.05, 0) is 44.1 Å². The van der Waals surface area contributed by atoms with E-state index in [2.05, 4.69) is 22.4 Å². The zero-order chi connectivity index (χ0) is 14.4. The predicted molar refractivity (Wildman–Crippen MR) is 80.2 cm³/mol. The van der Waals surface area contributed by atoms with Crippen LogP contribution in [0.2, 0.25) is 0 Å². The Morgan fingerprint density at radius 2 is 2.00 bits per heavy atom. The third-order valence-electron chi connectivity index (χ3n) is 2.86. The highest BCUT2D eigenvalue weighted by atomic mass is 32.1. The Morgan fingerprint density at radius 1 is 1.15 bits per heavy atom. The predicted octanol–water partition coefficient (Wildman–Crippen LogP) is 2.55. The van der Waals surface area contributed by atoms with Crippen molar-refractivity contribution in [3.63, 3.8) is 0 Å². The van der Waals surface area contributed by atoms with Crippen molar-refractivity contribution in [2.24, 2.45) is 0 Å². The monoisotopic (exact) mass is 293 g/mol. The van der Waals surface area contributed by atoms with Crippen LogP contribution in [0.25, 0.3) is 10.6 Å². The van der Waals surface area contributed by atoms with Crippen molar-refractivity contribution >= 4 is 11.3 Å². The molecular formula is C14H19N3O2S. The molecule has 3 N–H and O–H groups in total. The maximum atomic E-state index is 9.49. The van der Waals surface area contributed by atoms with Crippen LogP contribution in [0, 0.1) is 0 Å². The fraction of sp³-hybridized carbons (Fsp3) is 0.429. The number of hydrogen-bond acceptors (Lipinski definition) is 6. The van der Waals surface area contributed by atoms with Crippen LogP contribution in [-0.4, -0.2) is 33.5 Å². The fourth-order valence-corrected chi connectivity index (χ4v) is 2.67. The molecule has 0 bridgehead atoms. The van der Waals surface area contributed by atoms with Crippen LogP contribution in [0.15, 0.2) is 18.2 Å². The summed E-state index contributed by atoms with van der Waals surface area (Å²) < 4.78 is 0. The number of aromatic nitrogens is 2. The Kier molecular flexibility index (Phi) is 5.31. The second-order valence-electron chi connectivity index (χ2n) is 4.56. The summed E-state index contributed by atoms with van der Waals surface area (Å²) in [7, 11) is 0. The number of rotatable bonds is 7. The second kappa shape index (κ2) is 7.21. The summed E-state index contributed by atoms with van der Waals surface area (Å²) in [6.45, 7) is 4.19. The summed E-state index contributed by atoms with van der Waals surface area (Å²) in [6, 6.07) is 4.69. The van der Waals surface area contributed by atoms with Gasteiger partial charge >= 0.3 is 0 Å². The maximum Gasteiger partial charge on any atom is 0.158 e. The first-order valence-electron chi connectivity index (χ1n) is 6.76. The van der Waals surface area contributed by atoms with Gasteiger partial charge in [0.1, 0.15) is 10.0 Å². The molecule has 1 heterocycles. The highest BCUT2D eigenvalue weighted by Crippen LogP contribution is 2.31. The molecule has 0 atom stereocenters. The molecule has 1 aromatic heterocycles. The Bertz CT molecular complexity index is 557. The van der Waals surface area contributed by atoms with Crippen molar-refractivity contribution in [3.8, 4) is 22.1 Å². The lowest BCUT2D eigenvalue weighted by Gasteiger charge is -2.00. The average Bonchev–Trinajstić information content (AvgIpc) is 2.90. The molecule has 108 valence electrons. The van der Waals surface area contributed by atoms with Gasteiger partial charge in [-0.15, -0.1) is 10.2 Å².